The number of hydrogen-bond acceptors (Lipinski definition) is 5. The number of aromatic nitrogens is 1. The van der Waals surface area contributed by atoms with Gasteiger partial charge in [-0.2, -0.15) is 0 Å². The van der Waals surface area contributed by atoms with Crippen LogP contribution in [0.1, 0.15) is 11.3 Å². The molecule has 0 aliphatic rings. The molecule has 0 saturated heterocycles. The molecule has 0 unspecified atom stereocenters. The fourth-order valence-electron chi connectivity index (χ4n) is 2.49. The summed E-state index contributed by atoms with van der Waals surface area (Å²) >= 11 is 0. The molecule has 2 aromatic carbocycles. The number of nitro benzene ring substituents is 1. The number of benzene rings is 2. The predicted molar refractivity (Wildman–Crippen MR) is 95.5 cm³/mol. The van der Waals surface area contributed by atoms with Crippen LogP contribution in [0.5, 0.6) is 0 Å². The Hall–Kier alpha value is -3.48. The number of nitrogens with zero attached hydrogens (tertiary/aromatic N) is 2. The highest BCUT2D eigenvalue weighted by atomic mass is 16.6. The average Bonchev–Trinajstić information content (AvgIpc) is 3.11. The lowest BCUT2D eigenvalue weighted by molar-refractivity contribution is -0.384. The van der Waals surface area contributed by atoms with E-state index in [1.807, 2.05) is 30.3 Å². The van der Waals surface area contributed by atoms with E-state index in [1.54, 1.807) is 18.2 Å². The summed E-state index contributed by atoms with van der Waals surface area (Å²) in [6.45, 7) is 0.444. The highest BCUT2D eigenvalue weighted by molar-refractivity contribution is 5.78. The largest absolute Gasteiger partial charge is 0.356 e. The van der Waals surface area contributed by atoms with Crippen LogP contribution in [0.3, 0.4) is 0 Å². The molecule has 1 heterocycles. The molecule has 7 heteroatoms. The first-order chi connectivity index (χ1) is 12.6. The van der Waals surface area contributed by atoms with Gasteiger partial charge in [-0.05, 0) is 12.0 Å². The molecule has 0 saturated carbocycles. The summed E-state index contributed by atoms with van der Waals surface area (Å²) in [4.78, 5) is 22.2. The number of carbonyl (C=O) groups excluding carboxylic acids is 1. The molecule has 0 spiro atoms. The second-order valence-electron chi connectivity index (χ2n) is 5.75. The Labute approximate surface area is 149 Å². The van der Waals surface area contributed by atoms with Crippen molar-refractivity contribution in [2.24, 2.45) is 0 Å². The number of nitrogens with one attached hydrogen (secondary N) is 1. The van der Waals surface area contributed by atoms with Crippen LogP contribution in [0.4, 0.5) is 5.69 Å². The van der Waals surface area contributed by atoms with E-state index < -0.39 is 4.92 Å². The van der Waals surface area contributed by atoms with E-state index in [0.717, 1.165) is 11.1 Å². The predicted octanol–water partition coefficient (Wildman–Crippen LogP) is 3.15. The van der Waals surface area contributed by atoms with Crippen molar-refractivity contribution in [1.82, 2.24) is 10.5 Å². The summed E-state index contributed by atoms with van der Waals surface area (Å²) in [6.07, 6.45) is 0.731. The van der Waals surface area contributed by atoms with Crippen molar-refractivity contribution in [2.75, 3.05) is 6.54 Å². The van der Waals surface area contributed by atoms with Crippen LogP contribution in [0.15, 0.2) is 65.2 Å². The molecule has 0 aliphatic heterocycles. The molecule has 0 bridgehead atoms. The SMILES string of the molecule is O=C(Cc1cc(-c2ccccc2)on1)NCCc1ccc([N+](=O)[O-])cc1. The van der Waals surface area contributed by atoms with Crippen molar-refractivity contribution >= 4 is 11.6 Å². The number of amides is 1. The zero-order valence-corrected chi connectivity index (χ0v) is 13.9. The van der Waals surface area contributed by atoms with Gasteiger partial charge in [-0.15, -0.1) is 0 Å². The molecule has 7 nitrogen and oxygen atoms in total. The van der Waals surface area contributed by atoms with Crippen LogP contribution in [0.25, 0.3) is 11.3 Å². The van der Waals surface area contributed by atoms with Crippen molar-refractivity contribution in [3.05, 3.63) is 82.0 Å². The molecular formula is C19H17N3O4. The fraction of sp³-hybridized carbons (Fsp3) is 0.158. The molecule has 0 aliphatic carbocycles. The minimum absolute atomic E-state index is 0.0537. The molecule has 26 heavy (non-hydrogen) atoms. The molecule has 1 N–H and O–H groups in total. The lowest BCUT2D eigenvalue weighted by atomic mass is 10.1. The Morgan fingerprint density at radius 1 is 1.12 bits per heavy atom. The summed E-state index contributed by atoms with van der Waals surface area (Å²) in [7, 11) is 0. The second kappa shape index (κ2) is 8.06. The van der Waals surface area contributed by atoms with Crippen LogP contribution in [0.2, 0.25) is 0 Å². The maximum absolute atomic E-state index is 12.0. The summed E-state index contributed by atoms with van der Waals surface area (Å²) in [5.74, 6) is 0.471. The van der Waals surface area contributed by atoms with E-state index in [9.17, 15) is 14.9 Å². The Bertz CT molecular complexity index is 889. The molecule has 1 amide bonds. The van der Waals surface area contributed by atoms with Crippen molar-refractivity contribution in [1.29, 1.82) is 0 Å². The lowest BCUT2D eigenvalue weighted by Crippen LogP contribution is -2.27. The Kier molecular flexibility index (Phi) is 5.38. The van der Waals surface area contributed by atoms with Gasteiger partial charge in [0.1, 0.15) is 0 Å². The summed E-state index contributed by atoms with van der Waals surface area (Å²) in [6, 6.07) is 17.6. The minimum atomic E-state index is -0.437. The van der Waals surface area contributed by atoms with Crippen LogP contribution in [-0.2, 0) is 17.6 Å². The van der Waals surface area contributed by atoms with Gasteiger partial charge < -0.3 is 9.84 Å². The Morgan fingerprint density at radius 2 is 1.85 bits per heavy atom. The first kappa shape index (κ1) is 17.3. The summed E-state index contributed by atoms with van der Waals surface area (Å²) in [5, 5.41) is 17.4. The molecule has 0 fully saturated rings. The highest BCUT2D eigenvalue weighted by Gasteiger charge is 2.10. The normalized spacial score (nSPS) is 10.5. The molecule has 132 valence electrons. The number of rotatable bonds is 7. The van der Waals surface area contributed by atoms with E-state index in [-0.39, 0.29) is 18.0 Å². The van der Waals surface area contributed by atoms with Crippen LogP contribution in [0, 0.1) is 10.1 Å². The average molecular weight is 351 g/mol. The third-order valence-corrected chi connectivity index (χ3v) is 3.84. The van der Waals surface area contributed by atoms with Gasteiger partial charge >= 0.3 is 0 Å². The maximum Gasteiger partial charge on any atom is 0.269 e. The standard InChI is InChI=1S/C19H17N3O4/c23-19(20-11-10-14-6-8-17(9-7-14)22(24)25)13-16-12-18(26-21-16)15-4-2-1-3-5-15/h1-9,12H,10-11,13H2,(H,20,23). The third-order valence-electron chi connectivity index (χ3n) is 3.84. The number of carbonyl (C=O) groups is 1. The Balaban J connectivity index is 1.47. The highest BCUT2D eigenvalue weighted by Crippen LogP contribution is 2.19. The van der Waals surface area contributed by atoms with E-state index >= 15 is 0 Å². The topological polar surface area (TPSA) is 98.3 Å². The van der Waals surface area contributed by atoms with Crippen molar-refractivity contribution < 1.29 is 14.2 Å². The molecule has 3 aromatic rings. The van der Waals surface area contributed by atoms with Crippen LogP contribution < -0.4 is 5.32 Å². The Morgan fingerprint density at radius 3 is 2.54 bits per heavy atom. The quantitative estimate of drug-likeness (QED) is 0.521. The first-order valence-electron chi connectivity index (χ1n) is 8.13. The van der Waals surface area contributed by atoms with Gasteiger partial charge in [0, 0.05) is 30.3 Å². The fourth-order valence-corrected chi connectivity index (χ4v) is 2.49. The number of hydrogen-bond donors (Lipinski definition) is 1. The zero-order chi connectivity index (χ0) is 18.4. The van der Waals surface area contributed by atoms with E-state index in [0.29, 0.717) is 24.4 Å². The van der Waals surface area contributed by atoms with Gasteiger partial charge in [0.2, 0.25) is 5.91 Å². The molecular weight excluding hydrogens is 334 g/mol. The van der Waals surface area contributed by atoms with E-state index in [4.69, 9.17) is 4.52 Å². The third kappa shape index (κ3) is 4.54. The monoisotopic (exact) mass is 351 g/mol. The maximum atomic E-state index is 12.0. The molecule has 0 radical (unpaired) electrons. The van der Waals surface area contributed by atoms with Crippen LogP contribution in [-0.4, -0.2) is 22.5 Å². The van der Waals surface area contributed by atoms with Gasteiger partial charge in [-0.1, -0.05) is 47.6 Å². The van der Waals surface area contributed by atoms with Gasteiger partial charge in [0.05, 0.1) is 17.0 Å². The summed E-state index contributed by atoms with van der Waals surface area (Å²) < 4.78 is 5.27. The van der Waals surface area contributed by atoms with Gasteiger partial charge in [0.25, 0.3) is 5.69 Å². The lowest BCUT2D eigenvalue weighted by Gasteiger charge is -2.04. The smallest absolute Gasteiger partial charge is 0.269 e. The van der Waals surface area contributed by atoms with Gasteiger partial charge in [0.15, 0.2) is 5.76 Å². The van der Waals surface area contributed by atoms with E-state index in [2.05, 4.69) is 10.5 Å². The van der Waals surface area contributed by atoms with Crippen LogP contribution >= 0.6 is 0 Å². The van der Waals surface area contributed by atoms with Crippen molar-refractivity contribution in [3.8, 4) is 11.3 Å². The second-order valence-corrected chi connectivity index (χ2v) is 5.75. The zero-order valence-electron chi connectivity index (χ0n) is 13.9. The van der Waals surface area contributed by atoms with E-state index in [1.165, 1.54) is 12.1 Å². The first-order valence-corrected chi connectivity index (χ1v) is 8.13. The van der Waals surface area contributed by atoms with Gasteiger partial charge in [-0.25, -0.2) is 0 Å². The van der Waals surface area contributed by atoms with Gasteiger partial charge in [-0.3, -0.25) is 14.9 Å². The molecule has 1 aromatic heterocycles. The van der Waals surface area contributed by atoms with Crippen molar-refractivity contribution in [2.45, 2.75) is 12.8 Å². The number of non-ortho nitro benzene ring substituents is 1. The number of nitro groups is 1. The molecule has 0 atom stereocenters. The summed E-state index contributed by atoms with van der Waals surface area (Å²) in [5.41, 5.74) is 2.45. The molecule has 3 rings (SSSR count). The van der Waals surface area contributed by atoms with Crippen molar-refractivity contribution in [3.63, 3.8) is 0 Å². The minimum Gasteiger partial charge on any atom is -0.356 e.